The highest BCUT2D eigenvalue weighted by atomic mass is 32.2. The van der Waals surface area contributed by atoms with Crippen LogP contribution in [-0.4, -0.2) is 25.7 Å². The van der Waals surface area contributed by atoms with Crippen molar-refractivity contribution in [1.82, 2.24) is 14.1 Å². The highest BCUT2D eigenvalue weighted by Crippen LogP contribution is 2.22. The summed E-state index contributed by atoms with van der Waals surface area (Å²) in [4.78, 5) is 30.9. The molecule has 0 saturated heterocycles. The number of thioether (sulfide) groups is 1. The Bertz CT molecular complexity index is 1330. The van der Waals surface area contributed by atoms with Gasteiger partial charge in [0, 0.05) is 24.0 Å². The monoisotopic (exact) mass is 431 g/mol. The highest BCUT2D eigenvalue weighted by molar-refractivity contribution is 7.99. The van der Waals surface area contributed by atoms with E-state index in [1.165, 1.54) is 17.3 Å². The minimum absolute atomic E-state index is 0.0375. The summed E-state index contributed by atoms with van der Waals surface area (Å²) in [6.07, 6.45) is 0. The lowest BCUT2D eigenvalue weighted by molar-refractivity contribution is 0.102. The molecule has 2 aromatic carbocycles. The van der Waals surface area contributed by atoms with E-state index in [9.17, 15) is 9.59 Å². The van der Waals surface area contributed by atoms with Crippen LogP contribution in [0.1, 0.15) is 32.9 Å². The van der Waals surface area contributed by atoms with E-state index < -0.39 is 0 Å². The van der Waals surface area contributed by atoms with Gasteiger partial charge in [-0.3, -0.25) is 14.2 Å². The number of rotatable bonds is 6. The average Bonchev–Trinajstić information content (AvgIpc) is 3.03. The SMILES string of the molecule is Cc1ccc(Cn2c(SCC(=O)c3cc(C)n(C)c3C)nc3ccccc3c2=O)cc1. The molecule has 0 bridgehead atoms. The second-order valence-electron chi connectivity index (χ2n) is 7.84. The van der Waals surface area contributed by atoms with Crippen LogP contribution < -0.4 is 5.56 Å². The van der Waals surface area contributed by atoms with Crippen LogP contribution >= 0.6 is 11.8 Å². The van der Waals surface area contributed by atoms with Crippen LogP contribution in [0.25, 0.3) is 10.9 Å². The molecule has 0 saturated carbocycles. The first-order chi connectivity index (χ1) is 14.8. The molecular weight excluding hydrogens is 406 g/mol. The largest absolute Gasteiger partial charge is 0.351 e. The number of hydrogen-bond acceptors (Lipinski definition) is 4. The molecule has 4 rings (SSSR count). The van der Waals surface area contributed by atoms with Crippen molar-refractivity contribution in [3.8, 4) is 0 Å². The van der Waals surface area contributed by atoms with Crippen molar-refractivity contribution in [2.45, 2.75) is 32.5 Å². The van der Waals surface area contributed by atoms with Gasteiger partial charge in [0.25, 0.3) is 5.56 Å². The van der Waals surface area contributed by atoms with Gasteiger partial charge in [-0.2, -0.15) is 0 Å². The Morgan fingerprint density at radius 3 is 2.42 bits per heavy atom. The molecule has 0 unspecified atom stereocenters. The molecule has 5 nitrogen and oxygen atoms in total. The molecule has 0 spiro atoms. The number of aromatic nitrogens is 3. The van der Waals surface area contributed by atoms with Gasteiger partial charge in [-0.25, -0.2) is 4.98 Å². The summed E-state index contributed by atoms with van der Waals surface area (Å²) >= 11 is 1.32. The molecule has 2 heterocycles. The first-order valence-corrected chi connectivity index (χ1v) is 11.2. The van der Waals surface area contributed by atoms with E-state index in [2.05, 4.69) is 0 Å². The summed E-state index contributed by atoms with van der Waals surface area (Å²) in [5.74, 6) is 0.263. The third kappa shape index (κ3) is 4.21. The van der Waals surface area contributed by atoms with E-state index in [0.717, 1.165) is 22.5 Å². The minimum atomic E-state index is -0.0899. The molecule has 0 radical (unpaired) electrons. The fraction of sp³-hybridized carbons (Fsp3) is 0.240. The van der Waals surface area contributed by atoms with Crippen LogP contribution in [0, 0.1) is 20.8 Å². The van der Waals surface area contributed by atoms with Crippen molar-refractivity contribution in [2.75, 3.05) is 5.75 Å². The second kappa shape index (κ2) is 8.55. The molecule has 0 amide bonds. The molecule has 0 aliphatic rings. The summed E-state index contributed by atoms with van der Waals surface area (Å²) in [6, 6.07) is 17.4. The molecule has 2 aromatic heterocycles. The van der Waals surface area contributed by atoms with Crippen LogP contribution in [0.5, 0.6) is 0 Å². The number of aryl methyl sites for hydroxylation is 2. The molecule has 6 heteroatoms. The van der Waals surface area contributed by atoms with Crippen molar-refractivity contribution in [2.24, 2.45) is 7.05 Å². The van der Waals surface area contributed by atoms with Gasteiger partial charge in [0.05, 0.1) is 23.2 Å². The number of ketones is 1. The van der Waals surface area contributed by atoms with Gasteiger partial charge < -0.3 is 4.57 Å². The number of fused-ring (bicyclic) bond motifs is 1. The van der Waals surface area contributed by atoms with Gasteiger partial charge in [-0.1, -0.05) is 53.7 Å². The number of hydrogen-bond donors (Lipinski definition) is 0. The summed E-state index contributed by atoms with van der Waals surface area (Å²) in [6.45, 7) is 6.39. The Balaban J connectivity index is 1.69. The molecule has 0 aliphatic heterocycles. The topological polar surface area (TPSA) is 56.9 Å². The maximum absolute atomic E-state index is 13.3. The van der Waals surface area contributed by atoms with Gasteiger partial charge in [0.15, 0.2) is 10.9 Å². The van der Waals surface area contributed by atoms with Crippen molar-refractivity contribution in [1.29, 1.82) is 0 Å². The van der Waals surface area contributed by atoms with Gasteiger partial charge in [-0.05, 0) is 44.5 Å². The fourth-order valence-corrected chi connectivity index (χ4v) is 4.50. The Morgan fingerprint density at radius 1 is 1.03 bits per heavy atom. The van der Waals surface area contributed by atoms with Crippen LogP contribution in [0.4, 0.5) is 0 Å². The van der Waals surface area contributed by atoms with Crippen molar-refractivity contribution >= 4 is 28.4 Å². The number of benzene rings is 2. The number of carbonyl (C=O) groups excluding carboxylic acids is 1. The molecule has 0 aliphatic carbocycles. The van der Waals surface area contributed by atoms with Gasteiger partial charge >= 0.3 is 0 Å². The molecule has 0 atom stereocenters. The van der Waals surface area contributed by atoms with Gasteiger partial charge in [0.2, 0.25) is 0 Å². The van der Waals surface area contributed by atoms with E-state index in [0.29, 0.717) is 22.6 Å². The molecule has 4 aromatic rings. The lowest BCUT2D eigenvalue weighted by Gasteiger charge is -2.13. The number of nitrogens with zero attached hydrogens (tertiary/aromatic N) is 3. The molecule has 158 valence electrons. The Kier molecular flexibility index (Phi) is 5.83. The van der Waals surface area contributed by atoms with Crippen molar-refractivity contribution in [3.63, 3.8) is 0 Å². The fourth-order valence-electron chi connectivity index (χ4n) is 3.62. The summed E-state index contributed by atoms with van der Waals surface area (Å²) < 4.78 is 3.69. The molecular formula is C25H25N3O2S. The van der Waals surface area contributed by atoms with Crippen molar-refractivity contribution in [3.05, 3.63) is 93.0 Å². The van der Waals surface area contributed by atoms with Crippen molar-refractivity contribution < 1.29 is 4.79 Å². The van der Waals surface area contributed by atoms with Crippen LogP contribution in [0.2, 0.25) is 0 Å². The summed E-state index contributed by atoms with van der Waals surface area (Å²) in [5.41, 5.74) is 5.47. The smallest absolute Gasteiger partial charge is 0.262 e. The maximum atomic E-state index is 13.3. The molecule has 0 N–H and O–H groups in total. The van der Waals surface area contributed by atoms with E-state index in [1.807, 2.05) is 80.9 Å². The molecule has 0 fully saturated rings. The third-order valence-corrected chi connectivity index (χ3v) is 6.67. The predicted molar refractivity (Wildman–Crippen MR) is 126 cm³/mol. The number of carbonyl (C=O) groups is 1. The lowest BCUT2D eigenvalue weighted by atomic mass is 10.1. The average molecular weight is 432 g/mol. The predicted octanol–water partition coefficient (Wildman–Crippen LogP) is 4.68. The zero-order valence-electron chi connectivity index (χ0n) is 18.2. The quantitative estimate of drug-likeness (QED) is 0.253. The van der Waals surface area contributed by atoms with E-state index in [1.54, 1.807) is 10.6 Å². The highest BCUT2D eigenvalue weighted by Gasteiger charge is 2.17. The van der Waals surface area contributed by atoms with E-state index in [-0.39, 0.29) is 17.1 Å². The first-order valence-electron chi connectivity index (χ1n) is 10.2. The van der Waals surface area contributed by atoms with Crippen LogP contribution in [0.15, 0.2) is 64.5 Å². The van der Waals surface area contributed by atoms with E-state index in [4.69, 9.17) is 4.98 Å². The zero-order valence-corrected chi connectivity index (χ0v) is 19.0. The normalized spacial score (nSPS) is 11.2. The Labute approximate surface area is 185 Å². The van der Waals surface area contributed by atoms with Crippen LogP contribution in [0.3, 0.4) is 0 Å². The van der Waals surface area contributed by atoms with Gasteiger partial charge in [0.1, 0.15) is 0 Å². The summed E-state index contributed by atoms with van der Waals surface area (Å²) in [7, 11) is 1.96. The first kappa shape index (κ1) is 21.1. The zero-order chi connectivity index (χ0) is 22.1. The maximum Gasteiger partial charge on any atom is 0.262 e. The minimum Gasteiger partial charge on any atom is -0.351 e. The molecule has 31 heavy (non-hydrogen) atoms. The number of para-hydroxylation sites is 1. The Hall–Kier alpha value is -3.12. The lowest BCUT2D eigenvalue weighted by Crippen LogP contribution is -2.24. The second-order valence-corrected chi connectivity index (χ2v) is 8.79. The standard InChI is InChI=1S/C25H25N3O2S/c1-16-9-11-19(12-10-16)14-28-24(30)20-7-5-6-8-22(20)26-25(28)31-15-23(29)21-13-17(2)27(4)18(21)3/h5-13H,14-15H2,1-4H3. The summed E-state index contributed by atoms with van der Waals surface area (Å²) in [5, 5.41) is 1.14. The van der Waals surface area contributed by atoms with E-state index >= 15 is 0 Å². The Morgan fingerprint density at radius 2 is 1.74 bits per heavy atom. The number of Topliss-reactive ketones (excluding diaryl/α,β-unsaturated/α-hetero) is 1. The third-order valence-electron chi connectivity index (χ3n) is 5.70. The van der Waals surface area contributed by atoms with Crippen LogP contribution in [-0.2, 0) is 13.6 Å². The van der Waals surface area contributed by atoms with Gasteiger partial charge in [-0.15, -0.1) is 0 Å².